The highest BCUT2D eigenvalue weighted by Crippen LogP contribution is 2.14. The Hall–Kier alpha value is -2.08. The van der Waals surface area contributed by atoms with Gasteiger partial charge in [-0.2, -0.15) is 10.5 Å². The van der Waals surface area contributed by atoms with Gasteiger partial charge < -0.3 is 10.1 Å². The summed E-state index contributed by atoms with van der Waals surface area (Å²) >= 11 is 0. The van der Waals surface area contributed by atoms with Crippen LogP contribution < -0.4 is 5.32 Å². The van der Waals surface area contributed by atoms with Gasteiger partial charge in [-0.15, -0.1) is 0 Å². The van der Waals surface area contributed by atoms with Gasteiger partial charge in [-0.3, -0.25) is 4.79 Å². The minimum atomic E-state index is -1.75. The summed E-state index contributed by atoms with van der Waals surface area (Å²) in [7, 11) is 0. The Morgan fingerprint density at radius 2 is 2.06 bits per heavy atom. The summed E-state index contributed by atoms with van der Waals surface area (Å²) in [4.78, 5) is 22.5. The van der Waals surface area contributed by atoms with Gasteiger partial charge in [0.15, 0.2) is 0 Å². The Kier molecular flexibility index (Phi) is 5.58. The molecule has 6 nitrogen and oxygen atoms in total. The molecule has 86 valence electrons. The van der Waals surface area contributed by atoms with Crippen LogP contribution >= 0.6 is 0 Å². The predicted molar refractivity (Wildman–Crippen MR) is 53.6 cm³/mol. The molecule has 0 aromatic heterocycles. The number of carbonyl (C=O) groups excluding carboxylic acids is 2. The number of carbonyl (C=O) groups is 2. The Labute approximate surface area is 93.8 Å². The maximum atomic E-state index is 11.6. The van der Waals surface area contributed by atoms with Crippen LogP contribution in [0.4, 0.5) is 0 Å². The van der Waals surface area contributed by atoms with E-state index < -0.39 is 17.4 Å². The van der Waals surface area contributed by atoms with Crippen LogP contribution in [0.3, 0.4) is 0 Å². The fraction of sp³-hybridized carbons (Fsp3) is 0.600. The molecule has 1 N–H and O–H groups in total. The lowest BCUT2D eigenvalue weighted by Gasteiger charge is -2.23. The van der Waals surface area contributed by atoms with E-state index in [1.165, 1.54) is 6.92 Å². The average molecular weight is 223 g/mol. The number of esters is 1. The van der Waals surface area contributed by atoms with Gasteiger partial charge in [0.25, 0.3) is 0 Å². The molecular weight excluding hydrogens is 210 g/mol. The molecule has 0 spiro atoms. The van der Waals surface area contributed by atoms with Crippen LogP contribution in [-0.4, -0.2) is 24.0 Å². The summed E-state index contributed by atoms with van der Waals surface area (Å²) in [5.41, 5.74) is -1.75. The summed E-state index contributed by atoms with van der Waals surface area (Å²) in [5.74, 6) is -1.35. The first kappa shape index (κ1) is 13.9. The molecule has 0 heterocycles. The fourth-order valence-corrected chi connectivity index (χ4v) is 1.14. The van der Waals surface area contributed by atoms with E-state index in [9.17, 15) is 9.59 Å². The molecule has 0 aromatic rings. The lowest BCUT2D eigenvalue weighted by molar-refractivity contribution is -0.150. The van der Waals surface area contributed by atoms with Crippen LogP contribution in [0.1, 0.15) is 26.7 Å². The Morgan fingerprint density at radius 3 is 2.44 bits per heavy atom. The third-order valence-electron chi connectivity index (χ3n) is 1.82. The van der Waals surface area contributed by atoms with Crippen LogP contribution in [0.5, 0.6) is 0 Å². The van der Waals surface area contributed by atoms with Crippen molar-refractivity contribution in [3.8, 4) is 12.1 Å². The number of nitrogens with one attached hydrogen (secondary N) is 1. The number of nitriles is 2. The van der Waals surface area contributed by atoms with Crippen LogP contribution in [0.25, 0.3) is 0 Å². The van der Waals surface area contributed by atoms with Crippen molar-refractivity contribution in [2.45, 2.75) is 32.2 Å². The topological polar surface area (TPSA) is 103 Å². The number of hydrogen-bond acceptors (Lipinski definition) is 5. The molecule has 0 aliphatic heterocycles. The molecule has 0 bridgehead atoms. The first-order valence-electron chi connectivity index (χ1n) is 4.76. The first-order valence-corrected chi connectivity index (χ1v) is 4.76. The Balaban J connectivity index is 4.97. The zero-order valence-electron chi connectivity index (χ0n) is 9.24. The largest absolute Gasteiger partial charge is 0.463 e. The average Bonchev–Trinajstić information content (AvgIpc) is 2.24. The van der Waals surface area contributed by atoms with Crippen molar-refractivity contribution in [3.05, 3.63) is 0 Å². The minimum Gasteiger partial charge on any atom is -0.463 e. The van der Waals surface area contributed by atoms with Crippen molar-refractivity contribution in [2.75, 3.05) is 6.61 Å². The Bertz CT molecular complexity index is 353. The molecule has 0 radical (unpaired) electrons. The summed E-state index contributed by atoms with van der Waals surface area (Å²) in [5, 5.41) is 19.7. The monoisotopic (exact) mass is 223 g/mol. The van der Waals surface area contributed by atoms with Crippen molar-refractivity contribution in [3.63, 3.8) is 0 Å². The van der Waals surface area contributed by atoms with Gasteiger partial charge in [0.2, 0.25) is 11.4 Å². The molecule has 0 saturated heterocycles. The summed E-state index contributed by atoms with van der Waals surface area (Å²) in [6.45, 7) is 2.89. The maximum Gasteiger partial charge on any atom is 0.346 e. The summed E-state index contributed by atoms with van der Waals surface area (Å²) in [6.07, 6.45) is -0.106. The highest BCUT2D eigenvalue weighted by atomic mass is 16.5. The molecule has 0 aliphatic carbocycles. The number of hydrogen-bond donors (Lipinski definition) is 1. The molecule has 0 rings (SSSR count). The van der Waals surface area contributed by atoms with E-state index in [4.69, 9.17) is 15.3 Å². The van der Waals surface area contributed by atoms with E-state index in [-0.39, 0.29) is 19.4 Å². The van der Waals surface area contributed by atoms with E-state index in [0.29, 0.717) is 0 Å². The van der Waals surface area contributed by atoms with Gasteiger partial charge >= 0.3 is 5.97 Å². The molecule has 1 amide bonds. The highest BCUT2D eigenvalue weighted by molar-refractivity contribution is 5.90. The molecular formula is C10H13N3O3. The fourth-order valence-electron chi connectivity index (χ4n) is 1.14. The number of amides is 1. The zero-order valence-corrected chi connectivity index (χ0v) is 9.24. The summed E-state index contributed by atoms with van der Waals surface area (Å²) < 4.78 is 4.71. The van der Waals surface area contributed by atoms with E-state index >= 15 is 0 Å². The minimum absolute atomic E-state index is 0.0212. The second-order valence-corrected chi connectivity index (χ2v) is 3.08. The van der Waals surface area contributed by atoms with E-state index in [2.05, 4.69) is 5.32 Å². The van der Waals surface area contributed by atoms with E-state index in [1.807, 2.05) is 6.07 Å². The number of rotatable bonds is 5. The van der Waals surface area contributed by atoms with Crippen molar-refractivity contribution in [2.24, 2.45) is 0 Å². The molecule has 0 unspecified atom stereocenters. The van der Waals surface area contributed by atoms with Crippen molar-refractivity contribution < 1.29 is 14.3 Å². The summed E-state index contributed by atoms with van der Waals surface area (Å²) in [6, 6.07) is 3.53. The van der Waals surface area contributed by atoms with Crippen molar-refractivity contribution in [1.82, 2.24) is 5.32 Å². The van der Waals surface area contributed by atoms with Crippen LogP contribution in [0, 0.1) is 22.7 Å². The van der Waals surface area contributed by atoms with E-state index in [0.717, 1.165) is 0 Å². The Morgan fingerprint density at radius 1 is 1.44 bits per heavy atom. The third kappa shape index (κ3) is 3.58. The number of nitrogens with zero attached hydrogens (tertiary/aromatic N) is 2. The lowest BCUT2D eigenvalue weighted by Crippen LogP contribution is -2.53. The van der Waals surface area contributed by atoms with Gasteiger partial charge in [-0.25, -0.2) is 4.79 Å². The zero-order chi connectivity index (χ0) is 12.6. The highest BCUT2D eigenvalue weighted by Gasteiger charge is 2.40. The lowest BCUT2D eigenvalue weighted by atomic mass is 9.95. The molecule has 0 aliphatic rings. The van der Waals surface area contributed by atoms with Crippen molar-refractivity contribution in [1.29, 1.82) is 10.5 Å². The molecule has 16 heavy (non-hydrogen) atoms. The predicted octanol–water partition coefficient (Wildman–Crippen LogP) is 0.252. The molecule has 0 aromatic carbocycles. The van der Waals surface area contributed by atoms with Gasteiger partial charge in [-0.1, -0.05) is 0 Å². The first-order chi connectivity index (χ1) is 7.52. The van der Waals surface area contributed by atoms with Crippen LogP contribution in [0.15, 0.2) is 0 Å². The smallest absolute Gasteiger partial charge is 0.346 e. The second kappa shape index (κ2) is 6.41. The number of ether oxygens (including phenoxy) is 1. The maximum absolute atomic E-state index is 11.6. The van der Waals surface area contributed by atoms with Crippen LogP contribution in [0.2, 0.25) is 0 Å². The van der Waals surface area contributed by atoms with E-state index in [1.54, 1.807) is 13.0 Å². The quantitative estimate of drug-likeness (QED) is 0.673. The van der Waals surface area contributed by atoms with Gasteiger partial charge in [-0.05, 0) is 6.92 Å². The van der Waals surface area contributed by atoms with Crippen LogP contribution in [-0.2, 0) is 14.3 Å². The SMILES string of the molecule is CCOC(=O)[C@@](C#N)(CCC#N)NC(C)=O. The van der Waals surface area contributed by atoms with Gasteiger partial charge in [0.1, 0.15) is 6.07 Å². The standard InChI is InChI=1S/C10H13N3O3/c1-3-16-9(15)10(7-12,5-4-6-11)13-8(2)14/h3-5H2,1-2H3,(H,13,14)/t10-/m0/s1. The second-order valence-electron chi connectivity index (χ2n) is 3.08. The third-order valence-corrected chi connectivity index (χ3v) is 1.82. The molecule has 0 saturated carbocycles. The molecule has 6 heteroatoms. The molecule has 0 fully saturated rings. The van der Waals surface area contributed by atoms with Gasteiger partial charge in [0.05, 0.1) is 12.7 Å². The molecule has 1 atom stereocenters. The van der Waals surface area contributed by atoms with Crippen molar-refractivity contribution >= 4 is 11.9 Å². The van der Waals surface area contributed by atoms with Gasteiger partial charge in [0, 0.05) is 19.8 Å². The normalized spacial score (nSPS) is 12.8.